The Labute approximate surface area is 154 Å². The second-order valence-corrected chi connectivity index (χ2v) is 9.14. The van der Waals surface area contributed by atoms with Gasteiger partial charge in [0.2, 0.25) is 10.0 Å². The first-order valence-electron chi connectivity index (χ1n) is 8.70. The Morgan fingerprint density at radius 1 is 1.32 bits per heavy atom. The summed E-state index contributed by atoms with van der Waals surface area (Å²) in [7, 11) is -3.79. The van der Waals surface area contributed by atoms with Gasteiger partial charge in [-0.25, -0.2) is 18.4 Å². The third kappa shape index (κ3) is 6.20. The second kappa shape index (κ2) is 9.45. The van der Waals surface area contributed by atoms with Crippen molar-refractivity contribution in [2.24, 2.45) is 5.14 Å². The van der Waals surface area contributed by atoms with Gasteiger partial charge in [-0.3, -0.25) is 0 Å². The highest BCUT2D eigenvalue weighted by molar-refractivity contribution is 7.99. The van der Waals surface area contributed by atoms with Crippen molar-refractivity contribution in [2.45, 2.75) is 50.0 Å². The van der Waals surface area contributed by atoms with Gasteiger partial charge in [-0.2, -0.15) is 11.8 Å². The zero-order chi connectivity index (χ0) is 18.3. The molecule has 8 heteroatoms. The number of amides is 2. The normalized spacial score (nSPS) is 15.8. The van der Waals surface area contributed by atoms with Crippen LogP contribution in [0.15, 0.2) is 29.2 Å². The molecule has 3 N–H and O–H groups in total. The first-order chi connectivity index (χ1) is 11.9. The van der Waals surface area contributed by atoms with Gasteiger partial charge in [-0.15, -0.1) is 0 Å². The molecule has 0 atom stereocenters. The molecular formula is C17H27N3O3S2. The predicted molar refractivity (Wildman–Crippen MR) is 103 cm³/mol. The van der Waals surface area contributed by atoms with E-state index in [4.69, 9.17) is 5.14 Å². The molecule has 1 aliphatic carbocycles. The number of sulfonamides is 1. The molecule has 0 bridgehead atoms. The number of carbonyl (C=O) groups is 1. The van der Waals surface area contributed by atoms with Gasteiger partial charge < -0.3 is 10.2 Å². The van der Waals surface area contributed by atoms with E-state index < -0.39 is 10.0 Å². The quantitative estimate of drug-likeness (QED) is 0.705. The minimum absolute atomic E-state index is 0.00365. The minimum atomic E-state index is -3.79. The number of anilines is 1. The summed E-state index contributed by atoms with van der Waals surface area (Å²) in [6.07, 6.45) is 5.58. The molecule has 0 unspecified atom stereocenters. The van der Waals surface area contributed by atoms with Crippen molar-refractivity contribution < 1.29 is 13.2 Å². The lowest BCUT2D eigenvalue weighted by molar-refractivity contribution is 0.172. The number of carbonyl (C=O) groups excluding carboxylic acids is 1. The molecule has 25 heavy (non-hydrogen) atoms. The van der Waals surface area contributed by atoms with Crippen LogP contribution < -0.4 is 10.5 Å². The monoisotopic (exact) mass is 385 g/mol. The SMILES string of the molecule is CCSCCN(C(=O)Nc1cccc(S(N)(=O)=O)c1)C1CCCCC1. The molecule has 1 aromatic carbocycles. The van der Waals surface area contributed by atoms with Crippen molar-refractivity contribution in [3.8, 4) is 0 Å². The summed E-state index contributed by atoms with van der Waals surface area (Å²) in [6.45, 7) is 2.80. The van der Waals surface area contributed by atoms with Crippen molar-refractivity contribution in [2.75, 3.05) is 23.4 Å². The number of hydrogen-bond donors (Lipinski definition) is 2. The van der Waals surface area contributed by atoms with Gasteiger partial charge in [0.05, 0.1) is 4.90 Å². The Bertz CT molecular complexity index is 673. The van der Waals surface area contributed by atoms with Gasteiger partial charge >= 0.3 is 6.03 Å². The summed E-state index contributed by atoms with van der Waals surface area (Å²) in [5, 5.41) is 8.00. The van der Waals surface area contributed by atoms with Crippen molar-refractivity contribution in [1.29, 1.82) is 0 Å². The number of thioether (sulfide) groups is 1. The molecule has 0 aliphatic heterocycles. The molecular weight excluding hydrogens is 358 g/mol. The summed E-state index contributed by atoms with van der Waals surface area (Å²) in [6, 6.07) is 6.15. The molecule has 1 saturated carbocycles. The molecule has 0 radical (unpaired) electrons. The maximum absolute atomic E-state index is 12.8. The van der Waals surface area contributed by atoms with Crippen LogP contribution in [0.4, 0.5) is 10.5 Å². The first-order valence-corrected chi connectivity index (χ1v) is 11.4. The van der Waals surface area contributed by atoms with Crippen LogP contribution in [0.2, 0.25) is 0 Å². The van der Waals surface area contributed by atoms with E-state index in [0.717, 1.165) is 37.2 Å². The van der Waals surface area contributed by atoms with Gasteiger partial charge in [0, 0.05) is 24.0 Å². The van der Waals surface area contributed by atoms with E-state index >= 15 is 0 Å². The zero-order valence-corrected chi connectivity index (χ0v) is 16.2. The van der Waals surface area contributed by atoms with Gasteiger partial charge in [-0.1, -0.05) is 32.3 Å². The molecule has 140 valence electrons. The number of nitrogens with zero attached hydrogens (tertiary/aromatic N) is 1. The van der Waals surface area contributed by atoms with Gasteiger partial charge in [0.25, 0.3) is 0 Å². The fourth-order valence-corrected chi connectivity index (χ4v) is 4.27. The van der Waals surface area contributed by atoms with Crippen LogP contribution in [0.1, 0.15) is 39.0 Å². The van der Waals surface area contributed by atoms with E-state index in [1.165, 1.54) is 18.6 Å². The third-order valence-corrected chi connectivity index (χ3v) is 6.16. The molecule has 0 aromatic heterocycles. The van der Waals surface area contributed by atoms with E-state index in [0.29, 0.717) is 12.2 Å². The molecule has 0 heterocycles. The highest BCUT2D eigenvalue weighted by atomic mass is 32.2. The summed E-state index contributed by atoms with van der Waals surface area (Å²) in [4.78, 5) is 14.7. The number of hydrogen-bond acceptors (Lipinski definition) is 4. The standard InChI is InChI=1S/C17H27N3O3S2/c1-2-24-12-11-20(15-8-4-3-5-9-15)17(21)19-14-7-6-10-16(13-14)25(18,22)23/h6-7,10,13,15H,2-5,8-9,11-12H2,1H3,(H,19,21)(H2,18,22,23). The topological polar surface area (TPSA) is 92.5 Å². The van der Waals surface area contributed by atoms with E-state index in [1.807, 2.05) is 16.7 Å². The van der Waals surface area contributed by atoms with Crippen LogP contribution >= 0.6 is 11.8 Å². The second-order valence-electron chi connectivity index (χ2n) is 6.19. The van der Waals surface area contributed by atoms with Crippen LogP contribution in [0.25, 0.3) is 0 Å². The fraction of sp³-hybridized carbons (Fsp3) is 0.588. The summed E-state index contributed by atoms with van der Waals surface area (Å²) in [5.41, 5.74) is 0.445. The highest BCUT2D eigenvalue weighted by Gasteiger charge is 2.25. The summed E-state index contributed by atoms with van der Waals surface area (Å²) >= 11 is 1.81. The minimum Gasteiger partial charge on any atom is -0.321 e. The number of nitrogens with one attached hydrogen (secondary N) is 1. The van der Waals surface area contributed by atoms with Crippen LogP contribution in [0.5, 0.6) is 0 Å². The van der Waals surface area contributed by atoms with Crippen LogP contribution in [0.3, 0.4) is 0 Å². The number of urea groups is 1. The molecule has 2 rings (SSSR count). The van der Waals surface area contributed by atoms with E-state index in [9.17, 15) is 13.2 Å². The summed E-state index contributed by atoms with van der Waals surface area (Å²) < 4.78 is 23.0. The Hall–Kier alpha value is -1.25. The van der Waals surface area contributed by atoms with Crippen LogP contribution in [0, 0.1) is 0 Å². The van der Waals surface area contributed by atoms with E-state index in [-0.39, 0.29) is 17.0 Å². The summed E-state index contributed by atoms with van der Waals surface area (Å²) in [5.74, 6) is 1.92. The van der Waals surface area contributed by atoms with Gasteiger partial charge in [0.15, 0.2) is 0 Å². The highest BCUT2D eigenvalue weighted by Crippen LogP contribution is 2.24. The molecule has 1 fully saturated rings. The van der Waals surface area contributed by atoms with Crippen molar-refractivity contribution in [1.82, 2.24) is 4.90 Å². The average molecular weight is 386 g/mol. The number of nitrogens with two attached hydrogens (primary N) is 1. The maximum atomic E-state index is 12.8. The Kier molecular flexibility index (Phi) is 7.58. The number of rotatable bonds is 7. The van der Waals surface area contributed by atoms with E-state index in [2.05, 4.69) is 12.2 Å². The molecule has 6 nitrogen and oxygen atoms in total. The Morgan fingerprint density at radius 3 is 2.68 bits per heavy atom. The number of primary sulfonamides is 1. The lowest BCUT2D eigenvalue weighted by Crippen LogP contribution is -2.45. The average Bonchev–Trinajstić information content (AvgIpc) is 2.59. The predicted octanol–water partition coefficient (Wildman–Crippen LogP) is 3.25. The Morgan fingerprint density at radius 2 is 2.04 bits per heavy atom. The molecule has 0 spiro atoms. The van der Waals surface area contributed by atoms with Crippen LogP contribution in [-0.2, 0) is 10.0 Å². The lowest BCUT2D eigenvalue weighted by Gasteiger charge is -2.34. The maximum Gasteiger partial charge on any atom is 0.322 e. The van der Waals surface area contributed by atoms with Crippen molar-refractivity contribution >= 4 is 33.5 Å². The molecule has 1 aromatic rings. The van der Waals surface area contributed by atoms with Gasteiger partial charge in [0.1, 0.15) is 0 Å². The van der Waals surface area contributed by atoms with E-state index in [1.54, 1.807) is 12.1 Å². The van der Waals surface area contributed by atoms with Gasteiger partial charge in [-0.05, 0) is 36.8 Å². The first kappa shape index (κ1) is 20.1. The lowest BCUT2D eigenvalue weighted by atomic mass is 9.94. The third-order valence-electron chi connectivity index (χ3n) is 4.37. The van der Waals surface area contributed by atoms with Crippen LogP contribution in [-0.4, -0.2) is 43.4 Å². The van der Waals surface area contributed by atoms with Crippen molar-refractivity contribution in [3.63, 3.8) is 0 Å². The Balaban J connectivity index is 2.10. The molecule has 2 amide bonds. The van der Waals surface area contributed by atoms with Crippen molar-refractivity contribution in [3.05, 3.63) is 24.3 Å². The smallest absolute Gasteiger partial charge is 0.321 e. The number of benzene rings is 1. The zero-order valence-electron chi connectivity index (χ0n) is 14.6. The molecule has 0 saturated heterocycles. The molecule has 1 aliphatic rings. The largest absolute Gasteiger partial charge is 0.322 e. The fourth-order valence-electron chi connectivity index (χ4n) is 3.10.